The minimum absolute atomic E-state index is 0.258. The predicted octanol–water partition coefficient (Wildman–Crippen LogP) is 6.48. The first-order chi connectivity index (χ1) is 13.9. The molecule has 1 aromatic carbocycles. The third-order valence-corrected chi connectivity index (χ3v) is 6.32. The van der Waals surface area contributed by atoms with E-state index in [-0.39, 0.29) is 5.91 Å². The fourth-order valence-corrected chi connectivity index (χ4v) is 5.05. The fraction of sp³-hybridized carbons (Fsp3) is 0.615. The molecular weight excluding hydrogens is 356 g/mol. The van der Waals surface area contributed by atoms with Crippen LogP contribution in [0.4, 0.5) is 0 Å². The van der Waals surface area contributed by atoms with E-state index in [1.54, 1.807) is 0 Å². The van der Waals surface area contributed by atoms with Gasteiger partial charge in [-0.1, -0.05) is 45.9 Å². The van der Waals surface area contributed by atoms with E-state index >= 15 is 0 Å². The van der Waals surface area contributed by atoms with E-state index in [9.17, 15) is 4.79 Å². The summed E-state index contributed by atoms with van der Waals surface area (Å²) in [4.78, 5) is 17.2. The number of pyridine rings is 1. The zero-order valence-electron chi connectivity index (χ0n) is 18.7. The summed E-state index contributed by atoms with van der Waals surface area (Å²) in [5.74, 6) is 2.61. The topological polar surface area (TPSA) is 42.0 Å². The molecule has 0 radical (unpaired) electrons. The molecule has 0 unspecified atom stereocenters. The monoisotopic (exact) mass is 394 g/mol. The molecule has 1 amide bonds. The highest BCUT2D eigenvalue weighted by atomic mass is 16.1. The number of nitrogens with one attached hydrogen (secondary N) is 1. The van der Waals surface area contributed by atoms with Crippen LogP contribution in [0.25, 0.3) is 10.9 Å². The number of carbonyl (C=O) groups excluding carboxylic acids is 1. The van der Waals surface area contributed by atoms with Crippen LogP contribution in [0.15, 0.2) is 36.5 Å². The van der Waals surface area contributed by atoms with Gasteiger partial charge in [0.1, 0.15) is 0 Å². The van der Waals surface area contributed by atoms with Gasteiger partial charge in [-0.15, -0.1) is 0 Å². The molecule has 2 aromatic rings. The molecule has 0 aliphatic heterocycles. The molecule has 1 saturated carbocycles. The maximum atomic E-state index is 12.7. The van der Waals surface area contributed by atoms with Crippen molar-refractivity contribution in [2.45, 2.75) is 84.6 Å². The van der Waals surface area contributed by atoms with Crippen molar-refractivity contribution in [1.29, 1.82) is 0 Å². The molecule has 3 rings (SSSR count). The summed E-state index contributed by atoms with van der Waals surface area (Å²) in [7, 11) is 0. The lowest BCUT2D eigenvalue weighted by Gasteiger charge is -2.30. The summed E-state index contributed by atoms with van der Waals surface area (Å²) in [6.45, 7) is 8.96. The van der Waals surface area contributed by atoms with Crippen LogP contribution in [0.5, 0.6) is 0 Å². The Balaban J connectivity index is 1.53. The molecule has 0 spiro atoms. The Morgan fingerprint density at radius 1 is 1.00 bits per heavy atom. The number of fused-ring (bicyclic) bond motifs is 1. The lowest BCUT2D eigenvalue weighted by Crippen LogP contribution is -2.38. The number of nitrogens with zero attached hydrogens (tertiary/aromatic N) is 1. The molecule has 3 nitrogen and oxygen atoms in total. The molecule has 0 bridgehead atoms. The van der Waals surface area contributed by atoms with Gasteiger partial charge < -0.3 is 5.32 Å². The first-order valence-corrected chi connectivity index (χ1v) is 11.5. The van der Waals surface area contributed by atoms with E-state index in [1.165, 1.54) is 23.8 Å². The van der Waals surface area contributed by atoms with Crippen LogP contribution in [0.2, 0.25) is 0 Å². The van der Waals surface area contributed by atoms with E-state index in [4.69, 9.17) is 0 Å². The maximum absolute atomic E-state index is 12.7. The van der Waals surface area contributed by atoms with Gasteiger partial charge in [0.25, 0.3) is 0 Å². The summed E-state index contributed by atoms with van der Waals surface area (Å²) in [5, 5.41) is 4.64. The molecule has 29 heavy (non-hydrogen) atoms. The van der Waals surface area contributed by atoms with E-state index < -0.39 is 0 Å². The second kappa shape index (κ2) is 10.2. The number of hydrogen-bond donors (Lipinski definition) is 1. The van der Waals surface area contributed by atoms with Gasteiger partial charge in [0, 0.05) is 24.0 Å². The van der Waals surface area contributed by atoms with Gasteiger partial charge in [-0.05, 0) is 79.9 Å². The summed E-state index contributed by atoms with van der Waals surface area (Å²) in [6, 6.07) is 11.0. The number of amides is 1. The molecule has 1 aliphatic rings. The summed E-state index contributed by atoms with van der Waals surface area (Å²) in [5.41, 5.74) is 2.53. The average Bonchev–Trinajstić information content (AvgIpc) is 2.67. The molecule has 1 aromatic heterocycles. The third kappa shape index (κ3) is 6.29. The number of para-hydroxylation sites is 1. The van der Waals surface area contributed by atoms with Crippen molar-refractivity contribution in [2.75, 3.05) is 0 Å². The van der Waals surface area contributed by atoms with Crippen molar-refractivity contribution in [1.82, 2.24) is 10.3 Å². The summed E-state index contributed by atoms with van der Waals surface area (Å²) < 4.78 is 0. The lowest BCUT2D eigenvalue weighted by molar-refractivity contribution is -0.123. The molecule has 3 heteroatoms. The molecular formula is C26H38N2O. The van der Waals surface area contributed by atoms with E-state index in [2.05, 4.69) is 68.3 Å². The van der Waals surface area contributed by atoms with Gasteiger partial charge in [-0.2, -0.15) is 0 Å². The number of hydrogen-bond acceptors (Lipinski definition) is 2. The van der Waals surface area contributed by atoms with Gasteiger partial charge >= 0.3 is 0 Å². The van der Waals surface area contributed by atoms with Crippen molar-refractivity contribution in [3.63, 3.8) is 0 Å². The molecule has 1 aliphatic carbocycles. The van der Waals surface area contributed by atoms with Gasteiger partial charge in [-0.3, -0.25) is 9.78 Å². The Morgan fingerprint density at radius 2 is 1.66 bits per heavy atom. The van der Waals surface area contributed by atoms with E-state index in [0.717, 1.165) is 31.2 Å². The van der Waals surface area contributed by atoms with Crippen molar-refractivity contribution in [3.8, 4) is 0 Å². The Bertz CT molecular complexity index is 775. The van der Waals surface area contributed by atoms with Crippen LogP contribution in [0.3, 0.4) is 0 Å². The number of aromatic nitrogens is 1. The second-order valence-electron chi connectivity index (χ2n) is 9.86. The Morgan fingerprint density at radius 3 is 2.31 bits per heavy atom. The van der Waals surface area contributed by atoms with Crippen molar-refractivity contribution >= 4 is 16.8 Å². The number of rotatable bonds is 8. The number of benzene rings is 1. The first kappa shape index (κ1) is 21.8. The Labute approximate surface area is 176 Å². The first-order valence-electron chi connectivity index (χ1n) is 11.5. The SMILES string of the molecule is CC(C)CC(CC(C)C)NC(=O)C[C@H]1CC[C@@H](c2ccnc3ccccc32)CC1. The highest BCUT2D eigenvalue weighted by molar-refractivity contribution is 5.82. The Kier molecular flexibility index (Phi) is 7.69. The molecule has 158 valence electrons. The second-order valence-corrected chi connectivity index (χ2v) is 9.86. The van der Waals surface area contributed by atoms with Crippen LogP contribution in [0.1, 0.15) is 84.1 Å². The highest BCUT2D eigenvalue weighted by Gasteiger charge is 2.26. The quantitative estimate of drug-likeness (QED) is 0.557. The zero-order valence-corrected chi connectivity index (χ0v) is 18.7. The van der Waals surface area contributed by atoms with Gasteiger partial charge in [0.05, 0.1) is 5.52 Å². The van der Waals surface area contributed by atoms with Crippen molar-refractivity contribution < 1.29 is 4.79 Å². The molecule has 1 N–H and O–H groups in total. The Hall–Kier alpha value is -1.90. The fourth-order valence-electron chi connectivity index (χ4n) is 5.05. The van der Waals surface area contributed by atoms with Crippen LogP contribution in [-0.2, 0) is 4.79 Å². The highest BCUT2D eigenvalue weighted by Crippen LogP contribution is 2.39. The minimum Gasteiger partial charge on any atom is -0.353 e. The van der Waals surface area contributed by atoms with Crippen molar-refractivity contribution in [3.05, 3.63) is 42.1 Å². The van der Waals surface area contributed by atoms with Gasteiger partial charge in [0.2, 0.25) is 5.91 Å². The smallest absolute Gasteiger partial charge is 0.220 e. The maximum Gasteiger partial charge on any atom is 0.220 e. The minimum atomic E-state index is 0.258. The zero-order chi connectivity index (χ0) is 20.8. The van der Waals surface area contributed by atoms with Crippen LogP contribution in [-0.4, -0.2) is 16.9 Å². The standard InChI is InChI=1S/C26H38N2O/c1-18(2)15-22(16-19(3)4)28-26(29)17-20-9-11-21(12-10-20)23-13-14-27-25-8-6-5-7-24(23)25/h5-8,13-14,18-22H,9-12,15-17H2,1-4H3,(H,28,29)/t20-,21+. The van der Waals surface area contributed by atoms with E-state index in [1.807, 2.05) is 6.20 Å². The van der Waals surface area contributed by atoms with Crippen LogP contribution in [0, 0.1) is 17.8 Å². The van der Waals surface area contributed by atoms with Gasteiger partial charge in [0.15, 0.2) is 0 Å². The molecule has 1 fully saturated rings. The van der Waals surface area contributed by atoms with Crippen LogP contribution < -0.4 is 5.32 Å². The lowest BCUT2D eigenvalue weighted by atomic mass is 9.77. The predicted molar refractivity (Wildman–Crippen MR) is 122 cm³/mol. The average molecular weight is 395 g/mol. The normalized spacial score (nSPS) is 20.0. The summed E-state index contributed by atoms with van der Waals surface area (Å²) in [6.07, 6.45) is 9.43. The van der Waals surface area contributed by atoms with E-state index in [0.29, 0.717) is 36.1 Å². The van der Waals surface area contributed by atoms with Gasteiger partial charge in [-0.25, -0.2) is 0 Å². The van der Waals surface area contributed by atoms with Crippen molar-refractivity contribution in [2.24, 2.45) is 17.8 Å². The molecule has 1 heterocycles. The molecule has 0 atom stereocenters. The van der Waals surface area contributed by atoms with Crippen LogP contribution >= 0.6 is 0 Å². The number of carbonyl (C=O) groups is 1. The molecule has 0 saturated heterocycles. The third-order valence-electron chi connectivity index (χ3n) is 6.32. The summed E-state index contributed by atoms with van der Waals surface area (Å²) >= 11 is 0. The largest absolute Gasteiger partial charge is 0.353 e.